The molecule has 1 aliphatic rings. The van der Waals surface area contributed by atoms with E-state index >= 15 is 0 Å². The second-order valence-electron chi connectivity index (χ2n) is 6.50. The van der Waals surface area contributed by atoms with Crippen molar-refractivity contribution in [3.8, 4) is 5.75 Å². The molecule has 1 N–H and O–H groups in total. The highest BCUT2D eigenvalue weighted by Crippen LogP contribution is 2.33. The molecule has 1 aromatic carbocycles. The van der Waals surface area contributed by atoms with E-state index in [-0.39, 0.29) is 6.10 Å². The number of aliphatic hydroxyl groups is 1. The quantitative estimate of drug-likeness (QED) is 0.794. The van der Waals surface area contributed by atoms with Gasteiger partial charge in [0.15, 0.2) is 0 Å². The second kappa shape index (κ2) is 7.97. The lowest BCUT2D eigenvalue weighted by atomic mass is 10.1. The molecule has 1 heterocycles. The maximum Gasteiger partial charge on any atom is 0.124 e. The zero-order valence-corrected chi connectivity index (χ0v) is 14.6. The summed E-state index contributed by atoms with van der Waals surface area (Å²) in [5.41, 5.74) is 2.05. The van der Waals surface area contributed by atoms with Crippen molar-refractivity contribution < 1.29 is 9.84 Å². The molecular formula is C19H23ClN2O2. The van der Waals surface area contributed by atoms with E-state index in [4.69, 9.17) is 16.3 Å². The molecule has 1 aliphatic carbocycles. The number of nitrogens with zero attached hydrogens (tertiary/aromatic N) is 2. The van der Waals surface area contributed by atoms with Crippen LogP contribution in [0.3, 0.4) is 0 Å². The van der Waals surface area contributed by atoms with Crippen molar-refractivity contribution in [2.75, 3.05) is 13.6 Å². The maximum atomic E-state index is 10.1. The Balaban J connectivity index is 1.63. The SMILES string of the molecule is CN(Cc1cc(Cl)ccc1OCc1cccnc1)CC(O)C1CC1. The van der Waals surface area contributed by atoms with E-state index in [2.05, 4.69) is 9.88 Å². The second-order valence-corrected chi connectivity index (χ2v) is 6.94. The Labute approximate surface area is 148 Å². The van der Waals surface area contributed by atoms with Crippen molar-refractivity contribution >= 4 is 11.6 Å². The van der Waals surface area contributed by atoms with Gasteiger partial charge in [0, 0.05) is 41.6 Å². The summed E-state index contributed by atoms with van der Waals surface area (Å²) in [5.74, 6) is 1.30. The Morgan fingerprint density at radius 3 is 2.92 bits per heavy atom. The van der Waals surface area contributed by atoms with E-state index in [1.165, 1.54) is 0 Å². The maximum absolute atomic E-state index is 10.1. The van der Waals surface area contributed by atoms with Crippen LogP contribution >= 0.6 is 11.6 Å². The average molecular weight is 347 g/mol. The number of aliphatic hydroxyl groups excluding tert-OH is 1. The third-order valence-corrected chi connectivity index (χ3v) is 4.48. The first-order chi connectivity index (χ1) is 11.6. The normalized spacial score (nSPS) is 15.5. The van der Waals surface area contributed by atoms with E-state index in [0.29, 0.717) is 30.6 Å². The molecule has 4 nitrogen and oxygen atoms in total. The first-order valence-electron chi connectivity index (χ1n) is 8.28. The minimum Gasteiger partial charge on any atom is -0.489 e. The van der Waals surface area contributed by atoms with Crippen LogP contribution < -0.4 is 4.74 Å². The molecule has 24 heavy (non-hydrogen) atoms. The summed E-state index contributed by atoms with van der Waals surface area (Å²) in [6, 6.07) is 9.55. The summed E-state index contributed by atoms with van der Waals surface area (Å²) in [6.45, 7) is 1.82. The third kappa shape index (κ3) is 4.94. The Morgan fingerprint density at radius 2 is 2.21 bits per heavy atom. The molecule has 0 radical (unpaired) electrons. The minimum atomic E-state index is -0.242. The molecule has 1 saturated carbocycles. The molecule has 5 heteroatoms. The summed E-state index contributed by atoms with van der Waals surface area (Å²) in [6.07, 6.45) is 5.59. The topological polar surface area (TPSA) is 45.6 Å². The predicted molar refractivity (Wildman–Crippen MR) is 95.1 cm³/mol. The summed E-state index contributed by atoms with van der Waals surface area (Å²) in [7, 11) is 2.01. The number of halogens is 1. The number of hydrogen-bond donors (Lipinski definition) is 1. The number of likely N-dealkylation sites (N-methyl/N-ethyl adjacent to an activating group) is 1. The van der Waals surface area contributed by atoms with Gasteiger partial charge in [-0.15, -0.1) is 0 Å². The molecular weight excluding hydrogens is 324 g/mol. The third-order valence-electron chi connectivity index (χ3n) is 4.24. The lowest BCUT2D eigenvalue weighted by Crippen LogP contribution is -2.30. The number of ether oxygens (including phenoxy) is 1. The monoisotopic (exact) mass is 346 g/mol. The van der Waals surface area contributed by atoms with E-state index < -0.39 is 0 Å². The van der Waals surface area contributed by atoms with Crippen molar-refractivity contribution in [3.63, 3.8) is 0 Å². The Kier molecular flexibility index (Phi) is 5.72. The molecule has 0 bridgehead atoms. The first kappa shape index (κ1) is 17.2. The molecule has 0 amide bonds. The van der Waals surface area contributed by atoms with Crippen LogP contribution in [0.4, 0.5) is 0 Å². The fourth-order valence-corrected chi connectivity index (χ4v) is 2.96. The number of rotatable bonds is 8. The smallest absolute Gasteiger partial charge is 0.124 e. The highest BCUT2D eigenvalue weighted by Gasteiger charge is 2.30. The van der Waals surface area contributed by atoms with Crippen LogP contribution in [0.2, 0.25) is 5.02 Å². The molecule has 1 unspecified atom stereocenters. The predicted octanol–water partition coefficient (Wildman–Crippen LogP) is 3.52. The molecule has 0 aliphatic heterocycles. The van der Waals surface area contributed by atoms with Gasteiger partial charge in [0.1, 0.15) is 12.4 Å². The minimum absolute atomic E-state index is 0.242. The van der Waals surface area contributed by atoms with Crippen molar-refractivity contribution in [2.45, 2.75) is 32.1 Å². The number of hydrogen-bond acceptors (Lipinski definition) is 4. The van der Waals surface area contributed by atoms with Gasteiger partial charge in [-0.1, -0.05) is 17.7 Å². The number of aromatic nitrogens is 1. The van der Waals surface area contributed by atoms with E-state index in [0.717, 1.165) is 29.7 Å². The summed E-state index contributed by atoms with van der Waals surface area (Å²) in [5, 5.41) is 10.8. The standard InChI is InChI=1S/C19H23ClN2O2/c1-22(12-18(23)15-4-5-15)11-16-9-17(20)6-7-19(16)24-13-14-3-2-8-21-10-14/h2-3,6-10,15,18,23H,4-5,11-13H2,1H3. The van der Waals surface area contributed by atoms with Gasteiger partial charge >= 0.3 is 0 Å². The molecule has 0 spiro atoms. The van der Waals surface area contributed by atoms with Crippen LogP contribution in [0.25, 0.3) is 0 Å². The highest BCUT2D eigenvalue weighted by molar-refractivity contribution is 6.30. The van der Waals surface area contributed by atoms with Crippen LogP contribution in [-0.4, -0.2) is 34.7 Å². The van der Waals surface area contributed by atoms with Gasteiger partial charge in [-0.05, 0) is 50.1 Å². The van der Waals surface area contributed by atoms with E-state index in [1.54, 1.807) is 12.4 Å². The van der Waals surface area contributed by atoms with Gasteiger partial charge < -0.3 is 9.84 Å². The molecule has 2 aromatic rings. The van der Waals surface area contributed by atoms with Gasteiger partial charge in [0.25, 0.3) is 0 Å². The zero-order valence-electron chi connectivity index (χ0n) is 13.9. The molecule has 1 fully saturated rings. The van der Waals surface area contributed by atoms with Gasteiger partial charge in [-0.25, -0.2) is 0 Å². The Morgan fingerprint density at radius 1 is 1.38 bits per heavy atom. The summed E-state index contributed by atoms with van der Waals surface area (Å²) >= 11 is 6.15. The number of benzene rings is 1. The van der Waals surface area contributed by atoms with Crippen molar-refractivity contribution in [1.29, 1.82) is 0 Å². The Hall–Kier alpha value is -1.62. The lowest BCUT2D eigenvalue weighted by molar-refractivity contribution is 0.103. The van der Waals surface area contributed by atoms with Crippen molar-refractivity contribution in [3.05, 3.63) is 58.9 Å². The Bertz CT molecular complexity index is 662. The van der Waals surface area contributed by atoms with Crippen molar-refractivity contribution in [2.24, 2.45) is 5.92 Å². The molecule has 1 atom stereocenters. The van der Waals surface area contributed by atoms with Gasteiger partial charge in [0.05, 0.1) is 6.10 Å². The van der Waals surface area contributed by atoms with Gasteiger partial charge in [0.2, 0.25) is 0 Å². The van der Waals surface area contributed by atoms with Gasteiger partial charge in [-0.2, -0.15) is 0 Å². The average Bonchev–Trinajstić information content (AvgIpc) is 3.40. The van der Waals surface area contributed by atoms with Crippen LogP contribution in [0, 0.1) is 5.92 Å². The van der Waals surface area contributed by atoms with Crippen molar-refractivity contribution in [1.82, 2.24) is 9.88 Å². The zero-order chi connectivity index (χ0) is 16.9. The molecule has 1 aromatic heterocycles. The number of pyridine rings is 1. The van der Waals surface area contributed by atoms with Crippen LogP contribution in [0.1, 0.15) is 24.0 Å². The highest BCUT2D eigenvalue weighted by atomic mass is 35.5. The molecule has 0 saturated heterocycles. The lowest BCUT2D eigenvalue weighted by Gasteiger charge is -2.22. The first-order valence-corrected chi connectivity index (χ1v) is 8.66. The fraction of sp³-hybridized carbons (Fsp3) is 0.421. The van der Waals surface area contributed by atoms with E-state index in [9.17, 15) is 5.11 Å². The summed E-state index contributed by atoms with van der Waals surface area (Å²) in [4.78, 5) is 6.22. The van der Waals surface area contributed by atoms with Gasteiger partial charge in [-0.3, -0.25) is 9.88 Å². The molecule has 128 valence electrons. The van der Waals surface area contributed by atoms with E-state index in [1.807, 2.05) is 37.4 Å². The fourth-order valence-electron chi connectivity index (χ4n) is 2.76. The van der Waals surface area contributed by atoms with Crippen LogP contribution in [0.15, 0.2) is 42.7 Å². The van der Waals surface area contributed by atoms with Crippen LogP contribution in [0.5, 0.6) is 5.75 Å². The summed E-state index contributed by atoms with van der Waals surface area (Å²) < 4.78 is 5.96. The van der Waals surface area contributed by atoms with Crippen LogP contribution in [-0.2, 0) is 13.2 Å². The molecule has 3 rings (SSSR count). The largest absolute Gasteiger partial charge is 0.489 e.